The Labute approximate surface area is 133 Å². The lowest BCUT2D eigenvalue weighted by atomic mass is 9.72. The van der Waals surface area contributed by atoms with E-state index in [1.807, 2.05) is 6.92 Å². The molecule has 0 spiro atoms. The standard InChI is InChI=1S/C14H19NO7S/c1-14(7-13(18)19)6-8-4-9(14)5-10(8)23(20,21)22-15-11(16)2-3-12(15)17/h8-10H,2-7H2,1H3,(H,18,19). The third-order valence-corrected chi connectivity index (χ3v) is 7.13. The topological polar surface area (TPSA) is 118 Å². The molecule has 1 aliphatic heterocycles. The molecule has 23 heavy (non-hydrogen) atoms. The molecular formula is C14H19NO7S. The maximum absolute atomic E-state index is 12.4. The predicted molar refractivity (Wildman–Crippen MR) is 76.1 cm³/mol. The van der Waals surface area contributed by atoms with Crippen molar-refractivity contribution < 1.29 is 32.2 Å². The fourth-order valence-electron chi connectivity index (χ4n) is 4.35. The Morgan fingerprint density at radius 2 is 1.91 bits per heavy atom. The van der Waals surface area contributed by atoms with E-state index in [1.165, 1.54) is 0 Å². The monoisotopic (exact) mass is 345 g/mol. The lowest BCUT2D eigenvalue weighted by Crippen LogP contribution is -2.41. The van der Waals surface area contributed by atoms with Gasteiger partial charge in [0.05, 0.1) is 11.7 Å². The van der Waals surface area contributed by atoms with E-state index in [2.05, 4.69) is 0 Å². The third-order valence-electron chi connectivity index (χ3n) is 5.45. The summed E-state index contributed by atoms with van der Waals surface area (Å²) < 4.78 is 29.6. The molecule has 1 saturated heterocycles. The molecule has 0 aromatic heterocycles. The molecule has 1 N–H and O–H groups in total. The number of hydrogen-bond donors (Lipinski definition) is 1. The number of hydrogen-bond acceptors (Lipinski definition) is 6. The summed E-state index contributed by atoms with van der Waals surface area (Å²) in [5, 5.41) is 8.59. The number of carboxylic acids is 1. The van der Waals surface area contributed by atoms with Crippen LogP contribution < -0.4 is 0 Å². The van der Waals surface area contributed by atoms with E-state index in [-0.39, 0.29) is 31.1 Å². The molecule has 3 aliphatic rings. The third kappa shape index (κ3) is 2.76. The average Bonchev–Trinajstić information content (AvgIpc) is 3.05. The van der Waals surface area contributed by atoms with Gasteiger partial charge in [-0.05, 0) is 36.5 Å². The molecule has 128 valence electrons. The minimum absolute atomic E-state index is 0.00282. The Balaban J connectivity index is 1.71. The first-order chi connectivity index (χ1) is 10.6. The number of amides is 2. The molecule has 4 unspecified atom stereocenters. The smallest absolute Gasteiger partial charge is 0.303 e. The van der Waals surface area contributed by atoms with Crippen molar-refractivity contribution >= 4 is 27.9 Å². The Morgan fingerprint density at radius 1 is 1.30 bits per heavy atom. The second-order valence-electron chi connectivity index (χ2n) is 7.04. The van der Waals surface area contributed by atoms with Gasteiger partial charge in [-0.25, -0.2) is 0 Å². The van der Waals surface area contributed by atoms with Crippen LogP contribution in [0.3, 0.4) is 0 Å². The zero-order valence-corrected chi connectivity index (χ0v) is 13.5. The summed E-state index contributed by atoms with van der Waals surface area (Å²) in [7, 11) is -4.08. The first-order valence-corrected chi connectivity index (χ1v) is 9.10. The average molecular weight is 345 g/mol. The number of carbonyl (C=O) groups is 3. The predicted octanol–water partition coefficient (Wildman–Crippen LogP) is 0.676. The lowest BCUT2D eigenvalue weighted by Gasteiger charge is -2.35. The van der Waals surface area contributed by atoms with Crippen molar-refractivity contribution in [3.63, 3.8) is 0 Å². The quantitative estimate of drug-likeness (QED) is 0.728. The van der Waals surface area contributed by atoms with E-state index < -0.39 is 38.6 Å². The van der Waals surface area contributed by atoms with E-state index in [0.29, 0.717) is 24.3 Å². The Kier molecular flexibility index (Phi) is 3.75. The van der Waals surface area contributed by atoms with Gasteiger partial charge in [0, 0.05) is 12.8 Å². The Bertz CT molecular complexity index is 657. The van der Waals surface area contributed by atoms with Crippen LogP contribution in [0, 0.1) is 17.3 Å². The van der Waals surface area contributed by atoms with Crippen molar-refractivity contribution in [1.82, 2.24) is 5.06 Å². The van der Waals surface area contributed by atoms with Crippen LogP contribution in [-0.2, 0) is 28.8 Å². The van der Waals surface area contributed by atoms with Crippen LogP contribution in [-0.4, -0.2) is 41.6 Å². The number of nitrogens with zero attached hydrogens (tertiary/aromatic N) is 1. The molecule has 2 saturated carbocycles. The number of rotatable bonds is 5. The number of carboxylic acid groups (broad SMARTS) is 1. The highest BCUT2D eigenvalue weighted by Gasteiger charge is 2.57. The van der Waals surface area contributed by atoms with Crippen molar-refractivity contribution in [1.29, 1.82) is 0 Å². The van der Waals surface area contributed by atoms with Gasteiger partial charge in [-0.2, -0.15) is 8.42 Å². The summed E-state index contributed by atoms with van der Waals surface area (Å²) in [6.45, 7) is 1.88. The number of hydroxylamine groups is 2. The molecular weight excluding hydrogens is 326 g/mol. The van der Waals surface area contributed by atoms with Crippen LogP contribution in [0.4, 0.5) is 0 Å². The number of aliphatic carboxylic acids is 1. The van der Waals surface area contributed by atoms with Crippen molar-refractivity contribution in [3.8, 4) is 0 Å². The highest BCUT2D eigenvalue weighted by Crippen LogP contribution is 2.59. The van der Waals surface area contributed by atoms with Gasteiger partial charge in [0.25, 0.3) is 21.9 Å². The summed E-state index contributed by atoms with van der Waals surface area (Å²) >= 11 is 0. The van der Waals surface area contributed by atoms with Crippen molar-refractivity contribution in [2.24, 2.45) is 17.3 Å². The van der Waals surface area contributed by atoms with Gasteiger partial charge in [0.2, 0.25) is 0 Å². The second-order valence-corrected chi connectivity index (χ2v) is 8.78. The molecule has 0 radical (unpaired) electrons. The van der Waals surface area contributed by atoms with E-state index in [4.69, 9.17) is 9.39 Å². The molecule has 2 aliphatic carbocycles. The zero-order valence-electron chi connectivity index (χ0n) is 12.7. The fourth-order valence-corrected chi connectivity index (χ4v) is 5.98. The van der Waals surface area contributed by atoms with Gasteiger partial charge in [-0.3, -0.25) is 14.4 Å². The maximum Gasteiger partial charge on any atom is 0.303 e. The van der Waals surface area contributed by atoms with E-state index in [0.717, 1.165) is 0 Å². The maximum atomic E-state index is 12.4. The lowest BCUT2D eigenvalue weighted by molar-refractivity contribution is -0.164. The molecule has 2 amide bonds. The molecule has 1 heterocycles. The van der Waals surface area contributed by atoms with Crippen LogP contribution in [0.5, 0.6) is 0 Å². The van der Waals surface area contributed by atoms with Crippen molar-refractivity contribution in [2.45, 2.75) is 50.7 Å². The summed E-state index contributed by atoms with van der Waals surface area (Å²) in [6.07, 6.45) is 1.39. The van der Waals surface area contributed by atoms with Crippen LogP contribution in [0.1, 0.15) is 45.4 Å². The SMILES string of the molecule is CC1(CC(=O)O)CC2CC1CC2S(=O)(=O)ON1C(=O)CCC1=O. The number of carbonyl (C=O) groups excluding carboxylic acids is 2. The van der Waals surface area contributed by atoms with Crippen LogP contribution in [0.2, 0.25) is 0 Å². The normalized spacial score (nSPS) is 36.9. The van der Waals surface area contributed by atoms with Gasteiger partial charge in [0.15, 0.2) is 0 Å². The molecule has 3 rings (SSSR count). The first-order valence-electron chi connectivity index (χ1n) is 7.63. The second kappa shape index (κ2) is 5.27. The summed E-state index contributed by atoms with van der Waals surface area (Å²) in [5.41, 5.74) is -0.401. The Hall–Kier alpha value is -1.48. The molecule has 3 fully saturated rings. The fraction of sp³-hybridized carbons (Fsp3) is 0.786. The number of fused-ring (bicyclic) bond motifs is 2. The molecule has 9 heteroatoms. The Morgan fingerprint density at radius 3 is 2.39 bits per heavy atom. The largest absolute Gasteiger partial charge is 0.481 e. The first kappa shape index (κ1) is 16.4. The summed E-state index contributed by atoms with van der Waals surface area (Å²) in [5.74, 6) is -2.36. The molecule has 8 nitrogen and oxygen atoms in total. The van der Waals surface area contributed by atoms with Gasteiger partial charge in [0.1, 0.15) is 0 Å². The van der Waals surface area contributed by atoms with Gasteiger partial charge in [-0.15, -0.1) is 9.35 Å². The van der Waals surface area contributed by atoms with Crippen molar-refractivity contribution in [3.05, 3.63) is 0 Å². The zero-order chi connectivity index (χ0) is 17.0. The van der Waals surface area contributed by atoms with Crippen molar-refractivity contribution in [2.75, 3.05) is 0 Å². The molecule has 0 aromatic carbocycles. The van der Waals surface area contributed by atoms with E-state index >= 15 is 0 Å². The van der Waals surface area contributed by atoms with Crippen LogP contribution in [0.25, 0.3) is 0 Å². The molecule has 0 aromatic rings. The molecule has 4 atom stereocenters. The minimum Gasteiger partial charge on any atom is -0.481 e. The molecule has 2 bridgehead atoms. The van der Waals surface area contributed by atoms with Gasteiger partial charge >= 0.3 is 5.97 Å². The van der Waals surface area contributed by atoms with Gasteiger partial charge in [-0.1, -0.05) is 6.92 Å². The summed E-state index contributed by atoms with van der Waals surface area (Å²) in [4.78, 5) is 34.0. The van der Waals surface area contributed by atoms with E-state index in [1.54, 1.807) is 0 Å². The van der Waals surface area contributed by atoms with Gasteiger partial charge < -0.3 is 5.11 Å². The highest BCUT2D eigenvalue weighted by atomic mass is 32.2. The van der Waals surface area contributed by atoms with Crippen LogP contribution >= 0.6 is 0 Å². The van der Waals surface area contributed by atoms with E-state index in [9.17, 15) is 22.8 Å². The minimum atomic E-state index is -4.08. The highest BCUT2D eigenvalue weighted by molar-refractivity contribution is 7.87. The number of imide groups is 1. The van der Waals surface area contributed by atoms with Crippen LogP contribution in [0.15, 0.2) is 0 Å². The summed E-state index contributed by atoms with van der Waals surface area (Å²) in [6, 6.07) is 0.